The summed E-state index contributed by atoms with van der Waals surface area (Å²) >= 11 is 3.29. The third-order valence-electron chi connectivity index (χ3n) is 8.89. The van der Waals surface area contributed by atoms with E-state index in [-0.39, 0.29) is 0 Å². The Morgan fingerprint density at radius 3 is 0.780 bits per heavy atom. The molecule has 2 heterocycles. The van der Waals surface area contributed by atoms with Crippen molar-refractivity contribution in [3.8, 4) is 21.1 Å². The van der Waals surface area contributed by atoms with Gasteiger partial charge in [-0.3, -0.25) is 0 Å². The topological polar surface area (TPSA) is 32.3 Å². The van der Waals surface area contributed by atoms with Crippen LogP contribution in [0.5, 0.6) is 0 Å². The summed E-state index contributed by atoms with van der Waals surface area (Å²) in [5.41, 5.74) is 13.9. The number of hydrogen-bond acceptors (Lipinski definition) is 6. The fourth-order valence-electron chi connectivity index (χ4n) is 6.06. The molecule has 0 saturated heterocycles. The number of aryl methyl sites for hydroxylation is 4. The first-order chi connectivity index (χ1) is 24.4. The number of anilines is 6. The molecular formula is C44H36N4S2. The molecule has 0 aliphatic rings. The lowest BCUT2D eigenvalue weighted by molar-refractivity contribution is 1.27. The standard InChI is InChI=1S/C44H36N4S2/c1-29-5-17-35(18-6-29)47(36-19-7-30(2)8-20-36)39-25-13-33(14-26-39)41-45-43-44(49-41)46-42(50-43)34-15-27-40(28-16-34)48(37-21-9-31(3)10-22-37)38-23-11-32(4)12-24-38/h5-28H,1-4H3. The summed E-state index contributed by atoms with van der Waals surface area (Å²) in [4.78, 5) is 16.6. The lowest BCUT2D eigenvalue weighted by Crippen LogP contribution is -2.09. The lowest BCUT2D eigenvalue weighted by atomic mass is 10.1. The minimum absolute atomic E-state index is 0.968. The van der Waals surface area contributed by atoms with Crippen LogP contribution in [-0.2, 0) is 0 Å². The maximum absolute atomic E-state index is 5.03. The molecule has 8 rings (SSSR count). The van der Waals surface area contributed by atoms with Gasteiger partial charge in [-0.2, -0.15) is 0 Å². The van der Waals surface area contributed by atoms with E-state index in [9.17, 15) is 0 Å². The highest BCUT2D eigenvalue weighted by Gasteiger charge is 2.17. The third-order valence-corrected chi connectivity index (χ3v) is 11.0. The molecule has 244 valence electrons. The summed E-state index contributed by atoms with van der Waals surface area (Å²) < 4.78 is 0. The smallest absolute Gasteiger partial charge is 0.155 e. The fraction of sp³-hybridized carbons (Fsp3) is 0.0909. The molecule has 6 heteroatoms. The first-order valence-electron chi connectivity index (χ1n) is 16.7. The second-order valence-corrected chi connectivity index (χ2v) is 14.7. The number of benzene rings is 6. The van der Waals surface area contributed by atoms with Crippen LogP contribution >= 0.6 is 22.7 Å². The van der Waals surface area contributed by atoms with E-state index in [2.05, 4.69) is 183 Å². The van der Waals surface area contributed by atoms with Crippen molar-refractivity contribution in [2.45, 2.75) is 27.7 Å². The van der Waals surface area contributed by atoms with Crippen molar-refractivity contribution >= 4 is 66.5 Å². The summed E-state index contributed by atoms with van der Waals surface area (Å²) in [5.74, 6) is 0. The van der Waals surface area contributed by atoms with E-state index in [0.717, 1.165) is 64.9 Å². The summed E-state index contributed by atoms with van der Waals surface area (Å²) in [6.45, 7) is 8.48. The molecule has 0 atom stereocenters. The SMILES string of the molecule is Cc1ccc(N(c2ccc(C)cc2)c2ccc(-c3nc4sc(-c5ccc(N(c6ccc(C)cc6)c6ccc(C)cc6)cc5)nc4s3)cc2)cc1. The van der Waals surface area contributed by atoms with Crippen molar-refractivity contribution < 1.29 is 0 Å². The van der Waals surface area contributed by atoms with Crippen LogP contribution in [0.3, 0.4) is 0 Å². The Morgan fingerprint density at radius 1 is 0.320 bits per heavy atom. The third kappa shape index (κ3) is 6.43. The molecule has 0 aliphatic heterocycles. The van der Waals surface area contributed by atoms with E-state index in [1.165, 1.54) is 22.3 Å². The normalized spacial score (nSPS) is 11.2. The molecular weight excluding hydrogens is 649 g/mol. The molecule has 0 spiro atoms. The van der Waals surface area contributed by atoms with Gasteiger partial charge in [0, 0.05) is 45.3 Å². The first-order valence-corrected chi connectivity index (χ1v) is 18.4. The van der Waals surface area contributed by atoms with Crippen molar-refractivity contribution in [1.29, 1.82) is 0 Å². The molecule has 0 radical (unpaired) electrons. The van der Waals surface area contributed by atoms with Gasteiger partial charge >= 0.3 is 0 Å². The molecule has 0 amide bonds. The van der Waals surface area contributed by atoms with Gasteiger partial charge in [0.1, 0.15) is 10.0 Å². The molecule has 0 bridgehead atoms. The molecule has 6 aromatic carbocycles. The Bertz CT molecular complexity index is 2080. The van der Waals surface area contributed by atoms with Gasteiger partial charge in [-0.15, -0.1) is 0 Å². The minimum atomic E-state index is 0.968. The zero-order chi connectivity index (χ0) is 34.2. The summed E-state index contributed by atoms with van der Waals surface area (Å²) in [7, 11) is 0. The predicted octanol–water partition coefficient (Wildman–Crippen LogP) is 13.3. The highest BCUT2D eigenvalue weighted by atomic mass is 32.1. The Balaban J connectivity index is 1.05. The second-order valence-electron chi connectivity index (χ2n) is 12.8. The molecule has 0 fully saturated rings. The van der Waals surface area contributed by atoms with Crippen LogP contribution in [0.1, 0.15) is 22.3 Å². The summed E-state index contributed by atoms with van der Waals surface area (Å²) in [6.07, 6.45) is 0. The monoisotopic (exact) mass is 684 g/mol. The maximum Gasteiger partial charge on any atom is 0.155 e. The van der Waals surface area contributed by atoms with E-state index in [0.29, 0.717) is 0 Å². The van der Waals surface area contributed by atoms with Crippen LogP contribution in [0.4, 0.5) is 34.1 Å². The molecule has 50 heavy (non-hydrogen) atoms. The lowest BCUT2D eigenvalue weighted by Gasteiger charge is -2.26. The number of hydrogen-bond donors (Lipinski definition) is 0. The van der Waals surface area contributed by atoms with Crippen molar-refractivity contribution in [3.05, 3.63) is 168 Å². The van der Waals surface area contributed by atoms with Crippen molar-refractivity contribution in [2.24, 2.45) is 0 Å². The largest absolute Gasteiger partial charge is 0.311 e. The van der Waals surface area contributed by atoms with Crippen LogP contribution in [-0.4, -0.2) is 9.97 Å². The van der Waals surface area contributed by atoms with Crippen molar-refractivity contribution in [3.63, 3.8) is 0 Å². The Hall–Kier alpha value is -5.56. The van der Waals surface area contributed by atoms with Gasteiger partial charge < -0.3 is 9.80 Å². The zero-order valence-electron chi connectivity index (χ0n) is 28.5. The summed E-state index contributed by atoms with van der Waals surface area (Å²) in [5, 5.41) is 1.97. The molecule has 0 N–H and O–H groups in total. The van der Waals surface area contributed by atoms with E-state index in [4.69, 9.17) is 9.97 Å². The molecule has 0 aliphatic carbocycles. The first kappa shape index (κ1) is 31.7. The van der Waals surface area contributed by atoms with Crippen LogP contribution in [0.15, 0.2) is 146 Å². The van der Waals surface area contributed by atoms with Gasteiger partial charge in [0.25, 0.3) is 0 Å². The number of thiazole rings is 2. The van der Waals surface area contributed by atoms with Gasteiger partial charge in [-0.25, -0.2) is 9.97 Å². The Labute approximate surface area is 301 Å². The highest BCUT2D eigenvalue weighted by Crippen LogP contribution is 2.41. The molecule has 0 unspecified atom stereocenters. The number of rotatable bonds is 8. The van der Waals surface area contributed by atoms with Gasteiger partial charge in [0.2, 0.25) is 0 Å². The predicted molar refractivity (Wildman–Crippen MR) is 214 cm³/mol. The molecule has 2 aromatic heterocycles. The van der Waals surface area contributed by atoms with Gasteiger partial charge in [0.05, 0.1) is 0 Å². The Kier molecular flexibility index (Phi) is 8.49. The fourth-order valence-corrected chi connectivity index (χ4v) is 8.12. The van der Waals surface area contributed by atoms with E-state index in [1.54, 1.807) is 22.7 Å². The quantitative estimate of drug-likeness (QED) is 0.159. The van der Waals surface area contributed by atoms with E-state index >= 15 is 0 Å². The maximum atomic E-state index is 5.03. The van der Waals surface area contributed by atoms with E-state index < -0.39 is 0 Å². The zero-order valence-corrected chi connectivity index (χ0v) is 30.1. The van der Waals surface area contributed by atoms with Gasteiger partial charge in [-0.05, 0) is 125 Å². The summed E-state index contributed by atoms with van der Waals surface area (Å²) in [6, 6.07) is 52.1. The second kappa shape index (κ2) is 13.4. The molecule has 0 saturated carbocycles. The molecule has 4 nitrogen and oxygen atoms in total. The van der Waals surface area contributed by atoms with Crippen LogP contribution < -0.4 is 9.80 Å². The van der Waals surface area contributed by atoms with E-state index in [1.807, 2.05) is 0 Å². The van der Waals surface area contributed by atoms with Crippen LogP contribution in [0.2, 0.25) is 0 Å². The van der Waals surface area contributed by atoms with Crippen LogP contribution in [0, 0.1) is 27.7 Å². The van der Waals surface area contributed by atoms with Crippen LogP contribution in [0.25, 0.3) is 30.8 Å². The average Bonchev–Trinajstić information content (AvgIpc) is 3.73. The number of nitrogens with zero attached hydrogens (tertiary/aromatic N) is 4. The van der Waals surface area contributed by atoms with Gasteiger partial charge in [0.15, 0.2) is 9.66 Å². The van der Waals surface area contributed by atoms with Crippen molar-refractivity contribution in [1.82, 2.24) is 9.97 Å². The highest BCUT2D eigenvalue weighted by molar-refractivity contribution is 7.29. The van der Waals surface area contributed by atoms with Crippen molar-refractivity contribution in [2.75, 3.05) is 9.80 Å². The van der Waals surface area contributed by atoms with Gasteiger partial charge in [-0.1, -0.05) is 93.5 Å². The Morgan fingerprint density at radius 2 is 0.540 bits per heavy atom. The molecule has 8 aromatic rings. The number of aromatic nitrogens is 2. The number of fused-ring (bicyclic) bond motifs is 1. The average molecular weight is 685 g/mol. The minimum Gasteiger partial charge on any atom is -0.311 e.